The Hall–Kier alpha value is -2.53. The Kier molecular flexibility index (Phi) is 6.51. The molecule has 3 amide bonds. The summed E-state index contributed by atoms with van der Waals surface area (Å²) >= 11 is 4.69. The normalized spacial score (nSPS) is 22.4. The van der Waals surface area contributed by atoms with Crippen LogP contribution in [0.15, 0.2) is 40.5 Å². The van der Waals surface area contributed by atoms with Crippen LogP contribution in [0, 0.1) is 0 Å². The van der Waals surface area contributed by atoms with E-state index in [0.717, 1.165) is 23.7 Å². The number of allylic oxidation sites excluding steroid dienone is 1. The molecule has 9 nitrogen and oxygen atoms in total. The van der Waals surface area contributed by atoms with Crippen molar-refractivity contribution in [1.29, 1.82) is 0 Å². The van der Waals surface area contributed by atoms with Crippen molar-refractivity contribution >= 4 is 39.6 Å². The smallest absolute Gasteiger partial charge is 0.315 e. The lowest BCUT2D eigenvalue weighted by Gasteiger charge is -2.31. The molecule has 1 aromatic heterocycles. The van der Waals surface area contributed by atoms with E-state index in [2.05, 4.69) is 48.7 Å². The van der Waals surface area contributed by atoms with Crippen LogP contribution in [0.4, 0.5) is 4.79 Å². The van der Waals surface area contributed by atoms with Crippen LogP contribution in [0.1, 0.15) is 19.3 Å². The maximum absolute atomic E-state index is 12.5. The van der Waals surface area contributed by atoms with Gasteiger partial charge in [-0.1, -0.05) is 33.8 Å². The molecule has 11 heteroatoms. The zero-order valence-electron chi connectivity index (χ0n) is 16.7. The molecule has 3 unspecified atom stereocenters. The molecule has 2 heterocycles. The minimum absolute atomic E-state index is 0.0368. The molecule has 3 atom stereocenters. The molecule has 0 spiro atoms. The number of hydrogen-bond acceptors (Lipinski definition) is 6. The fourth-order valence-corrected chi connectivity index (χ4v) is 5.11. The summed E-state index contributed by atoms with van der Waals surface area (Å²) in [7, 11) is 0. The number of thioether (sulfide) groups is 1. The first kappa shape index (κ1) is 21.7. The standard InChI is InChI=1S/C20H23BrN6O3S/c1-2-7-27-18(13-8-11(21)3-6-16(13)28)25-26-20(27)31-10-17(29)22-12-4-5-14-15(9-12)24-19(30)23-14/h2-3,6,8,12,14-15,28H,1,4-5,7,9-10H2,(H,22,29)(H2,23,24,30). The van der Waals surface area contributed by atoms with Crippen molar-refractivity contribution in [2.45, 2.75) is 49.1 Å². The minimum atomic E-state index is -0.133. The number of aromatic hydroxyl groups is 1. The first-order chi connectivity index (χ1) is 14.9. The van der Waals surface area contributed by atoms with Crippen LogP contribution >= 0.6 is 27.7 Å². The van der Waals surface area contributed by atoms with Gasteiger partial charge in [-0.2, -0.15) is 0 Å². The maximum Gasteiger partial charge on any atom is 0.315 e. The van der Waals surface area contributed by atoms with Crippen LogP contribution in [0.2, 0.25) is 0 Å². The van der Waals surface area contributed by atoms with Gasteiger partial charge in [-0.15, -0.1) is 16.8 Å². The molecule has 2 aromatic rings. The molecule has 1 aromatic carbocycles. The Morgan fingerprint density at radius 1 is 1.35 bits per heavy atom. The van der Waals surface area contributed by atoms with Gasteiger partial charge in [-0.05, 0) is 37.5 Å². The molecule has 1 aliphatic carbocycles. The summed E-state index contributed by atoms with van der Waals surface area (Å²) in [5.74, 6) is 0.698. The Balaban J connectivity index is 1.39. The largest absolute Gasteiger partial charge is 0.507 e. The van der Waals surface area contributed by atoms with Crippen molar-refractivity contribution < 1.29 is 14.7 Å². The Morgan fingerprint density at radius 2 is 2.16 bits per heavy atom. The van der Waals surface area contributed by atoms with Gasteiger partial charge >= 0.3 is 6.03 Å². The number of amides is 3. The van der Waals surface area contributed by atoms with Crippen LogP contribution in [0.5, 0.6) is 5.75 Å². The highest BCUT2D eigenvalue weighted by atomic mass is 79.9. The summed E-state index contributed by atoms with van der Waals surface area (Å²) in [5.41, 5.74) is 0.545. The van der Waals surface area contributed by atoms with E-state index < -0.39 is 0 Å². The Morgan fingerprint density at radius 3 is 2.97 bits per heavy atom. The Labute approximate surface area is 192 Å². The van der Waals surface area contributed by atoms with Crippen LogP contribution in [-0.2, 0) is 11.3 Å². The fourth-order valence-electron chi connectivity index (χ4n) is 3.99. The number of nitrogens with one attached hydrogen (secondary N) is 3. The topological polar surface area (TPSA) is 121 Å². The molecular formula is C20H23BrN6O3S. The second kappa shape index (κ2) is 9.31. The molecule has 1 saturated carbocycles. The van der Waals surface area contributed by atoms with Crippen molar-refractivity contribution in [3.8, 4) is 17.1 Å². The van der Waals surface area contributed by atoms with Gasteiger partial charge in [0.15, 0.2) is 11.0 Å². The SMILES string of the molecule is C=CCn1c(SCC(=O)NC2CCC3NC(=O)NC3C2)nnc1-c1cc(Br)ccc1O. The number of carbonyl (C=O) groups is 2. The van der Waals surface area contributed by atoms with Crippen molar-refractivity contribution in [3.63, 3.8) is 0 Å². The lowest BCUT2D eigenvalue weighted by atomic mass is 9.88. The van der Waals surface area contributed by atoms with E-state index in [9.17, 15) is 14.7 Å². The number of aromatic nitrogens is 3. The van der Waals surface area contributed by atoms with Gasteiger partial charge in [0, 0.05) is 17.1 Å². The van der Waals surface area contributed by atoms with Crippen molar-refractivity contribution in [2.75, 3.05) is 5.75 Å². The first-order valence-electron chi connectivity index (χ1n) is 9.96. The highest BCUT2D eigenvalue weighted by Crippen LogP contribution is 2.32. The van der Waals surface area contributed by atoms with Crippen molar-refractivity contribution in [1.82, 2.24) is 30.7 Å². The zero-order valence-corrected chi connectivity index (χ0v) is 19.1. The van der Waals surface area contributed by atoms with E-state index in [1.807, 2.05) is 4.57 Å². The van der Waals surface area contributed by atoms with E-state index in [1.54, 1.807) is 24.3 Å². The number of halogens is 1. The molecule has 4 rings (SSSR count). The number of phenolic OH excluding ortho intramolecular Hbond substituents is 1. The summed E-state index contributed by atoms with van der Waals surface area (Å²) in [5, 5.41) is 28.1. The first-order valence-corrected chi connectivity index (χ1v) is 11.7. The van der Waals surface area contributed by atoms with Gasteiger partial charge in [0.05, 0.1) is 23.4 Å². The summed E-state index contributed by atoms with van der Waals surface area (Å²) in [6.45, 7) is 4.23. The lowest BCUT2D eigenvalue weighted by Crippen LogP contribution is -2.48. The van der Waals surface area contributed by atoms with Gasteiger partial charge in [-0.3, -0.25) is 9.36 Å². The number of phenols is 1. The minimum Gasteiger partial charge on any atom is -0.507 e. The molecule has 1 saturated heterocycles. The van der Waals surface area contributed by atoms with Gasteiger partial charge in [0.1, 0.15) is 5.75 Å². The maximum atomic E-state index is 12.5. The molecule has 0 bridgehead atoms. The van der Waals surface area contributed by atoms with Crippen molar-refractivity contribution in [2.24, 2.45) is 0 Å². The molecule has 4 N–H and O–H groups in total. The summed E-state index contributed by atoms with van der Waals surface area (Å²) in [4.78, 5) is 24.0. The number of fused-ring (bicyclic) bond motifs is 1. The summed E-state index contributed by atoms with van der Waals surface area (Å²) < 4.78 is 2.63. The van der Waals surface area contributed by atoms with Crippen LogP contribution in [-0.4, -0.2) is 55.7 Å². The number of hydrogen-bond donors (Lipinski definition) is 4. The third-order valence-corrected chi connectivity index (χ3v) is 6.87. The number of rotatable bonds is 7. The van der Waals surface area contributed by atoms with Crippen molar-refractivity contribution in [3.05, 3.63) is 35.3 Å². The predicted octanol–water partition coefficient (Wildman–Crippen LogP) is 2.41. The third-order valence-electron chi connectivity index (χ3n) is 5.41. The summed E-state index contributed by atoms with van der Waals surface area (Å²) in [6, 6.07) is 5.22. The number of benzene rings is 1. The quantitative estimate of drug-likeness (QED) is 0.338. The van der Waals surface area contributed by atoms with E-state index in [0.29, 0.717) is 23.1 Å². The molecule has 2 aliphatic rings. The molecule has 164 valence electrons. The second-order valence-corrected chi connectivity index (χ2v) is 9.42. The van der Waals surface area contributed by atoms with Gasteiger partial charge in [0.25, 0.3) is 0 Å². The zero-order chi connectivity index (χ0) is 22.0. The van der Waals surface area contributed by atoms with E-state index >= 15 is 0 Å². The van der Waals surface area contributed by atoms with E-state index in [4.69, 9.17) is 0 Å². The highest BCUT2D eigenvalue weighted by molar-refractivity contribution is 9.10. The van der Waals surface area contributed by atoms with Gasteiger partial charge < -0.3 is 21.1 Å². The van der Waals surface area contributed by atoms with Gasteiger partial charge in [0.2, 0.25) is 5.91 Å². The molecule has 2 fully saturated rings. The second-order valence-electron chi connectivity index (χ2n) is 7.56. The van der Waals surface area contributed by atoms with E-state index in [-0.39, 0.29) is 41.6 Å². The lowest BCUT2D eigenvalue weighted by molar-refractivity contribution is -0.119. The monoisotopic (exact) mass is 506 g/mol. The van der Waals surface area contributed by atoms with Crippen LogP contribution < -0.4 is 16.0 Å². The predicted molar refractivity (Wildman–Crippen MR) is 121 cm³/mol. The Bertz CT molecular complexity index is 1010. The highest BCUT2D eigenvalue weighted by Gasteiger charge is 2.37. The molecule has 0 radical (unpaired) electrons. The molecule has 1 aliphatic heterocycles. The number of carbonyl (C=O) groups excluding carboxylic acids is 2. The summed E-state index contributed by atoms with van der Waals surface area (Å²) in [6.07, 6.45) is 4.11. The average Bonchev–Trinajstić information content (AvgIpc) is 3.30. The molecule has 31 heavy (non-hydrogen) atoms. The molecular weight excluding hydrogens is 484 g/mol. The third kappa shape index (κ3) is 4.87. The van der Waals surface area contributed by atoms with Crippen LogP contribution in [0.3, 0.4) is 0 Å². The van der Waals surface area contributed by atoms with E-state index in [1.165, 1.54) is 11.8 Å². The van der Waals surface area contributed by atoms with Gasteiger partial charge in [-0.25, -0.2) is 4.79 Å². The average molecular weight is 507 g/mol. The number of nitrogens with zero attached hydrogens (tertiary/aromatic N) is 3. The fraction of sp³-hybridized carbons (Fsp3) is 0.400. The van der Waals surface area contributed by atoms with Crippen LogP contribution in [0.25, 0.3) is 11.4 Å². The number of urea groups is 1.